The Kier molecular flexibility index (Phi) is 8.34. The van der Waals surface area contributed by atoms with Gasteiger partial charge >= 0.3 is 0 Å². The van der Waals surface area contributed by atoms with E-state index in [9.17, 15) is 0 Å². The summed E-state index contributed by atoms with van der Waals surface area (Å²) in [5, 5.41) is 2.75. The molecule has 9 rings (SSSR count). The summed E-state index contributed by atoms with van der Waals surface area (Å²) in [5.74, 6) is 1.29. The second kappa shape index (κ2) is 13.2. The Morgan fingerprint density at radius 2 is 1.20 bits per heavy atom. The molecule has 0 radical (unpaired) electrons. The smallest absolute Gasteiger partial charge is 0.0502 e. The molecule has 2 fully saturated rings. The van der Waals surface area contributed by atoms with Gasteiger partial charge in [-0.1, -0.05) is 143 Å². The Labute approximate surface area is 305 Å². The van der Waals surface area contributed by atoms with Gasteiger partial charge in [-0.2, -0.15) is 0 Å². The van der Waals surface area contributed by atoms with Gasteiger partial charge < -0.3 is 4.90 Å². The molecular formula is C50H51N. The van der Waals surface area contributed by atoms with Gasteiger partial charge in [0.25, 0.3) is 0 Å². The Bertz CT molecular complexity index is 2190. The first kappa shape index (κ1) is 32.3. The normalized spacial score (nSPS) is 17.3. The number of benzene rings is 6. The van der Waals surface area contributed by atoms with Crippen molar-refractivity contribution in [3.05, 3.63) is 149 Å². The molecule has 0 N–H and O–H groups in total. The summed E-state index contributed by atoms with van der Waals surface area (Å²) in [6, 6.07) is 46.9. The van der Waals surface area contributed by atoms with Gasteiger partial charge in [0.15, 0.2) is 0 Å². The van der Waals surface area contributed by atoms with E-state index in [4.69, 9.17) is 0 Å². The third-order valence-electron chi connectivity index (χ3n) is 12.8. The molecule has 2 saturated carbocycles. The van der Waals surface area contributed by atoms with E-state index >= 15 is 0 Å². The predicted octanol–water partition coefficient (Wildman–Crippen LogP) is 14.7. The van der Waals surface area contributed by atoms with Crippen molar-refractivity contribution in [2.75, 3.05) is 4.90 Å². The highest BCUT2D eigenvalue weighted by molar-refractivity contribution is 5.95. The first-order chi connectivity index (χ1) is 25.0. The topological polar surface area (TPSA) is 3.24 Å². The Balaban J connectivity index is 1.18. The van der Waals surface area contributed by atoms with Gasteiger partial charge in [0.1, 0.15) is 0 Å². The van der Waals surface area contributed by atoms with Crippen molar-refractivity contribution in [1.29, 1.82) is 0 Å². The van der Waals surface area contributed by atoms with E-state index < -0.39 is 0 Å². The first-order valence-corrected chi connectivity index (χ1v) is 19.7. The molecule has 0 unspecified atom stereocenters. The van der Waals surface area contributed by atoms with E-state index in [2.05, 4.69) is 147 Å². The summed E-state index contributed by atoms with van der Waals surface area (Å²) in [6.45, 7) is 7.08. The van der Waals surface area contributed by atoms with Gasteiger partial charge in [-0.3, -0.25) is 0 Å². The lowest BCUT2D eigenvalue weighted by Crippen LogP contribution is -2.18. The van der Waals surface area contributed by atoms with Crippen LogP contribution in [-0.4, -0.2) is 0 Å². The van der Waals surface area contributed by atoms with E-state index in [1.807, 2.05) is 0 Å². The summed E-state index contributed by atoms with van der Waals surface area (Å²) >= 11 is 0. The van der Waals surface area contributed by atoms with Crippen molar-refractivity contribution in [1.82, 2.24) is 0 Å². The minimum absolute atomic E-state index is 0.0679. The number of nitrogens with zero attached hydrogens (tertiary/aromatic N) is 1. The molecule has 0 atom stereocenters. The molecule has 1 heteroatoms. The van der Waals surface area contributed by atoms with E-state index in [-0.39, 0.29) is 5.41 Å². The highest BCUT2D eigenvalue weighted by atomic mass is 15.1. The number of rotatable bonds is 6. The number of hydrogen-bond acceptors (Lipinski definition) is 1. The average molecular weight is 666 g/mol. The maximum absolute atomic E-state index is 2.58. The molecule has 6 aromatic carbocycles. The number of hydrogen-bond donors (Lipinski definition) is 0. The summed E-state index contributed by atoms with van der Waals surface area (Å²) in [4.78, 5) is 2.58. The van der Waals surface area contributed by atoms with Crippen LogP contribution in [0.5, 0.6) is 0 Å². The Hall–Kier alpha value is -4.62. The van der Waals surface area contributed by atoms with Crippen molar-refractivity contribution >= 4 is 27.8 Å². The molecule has 3 aliphatic rings. The second-order valence-corrected chi connectivity index (χ2v) is 16.2. The van der Waals surface area contributed by atoms with Gasteiger partial charge in [-0.05, 0) is 136 Å². The van der Waals surface area contributed by atoms with E-state index in [0.29, 0.717) is 5.92 Å². The molecule has 256 valence electrons. The molecular weight excluding hydrogens is 615 g/mol. The molecule has 0 heterocycles. The molecule has 0 saturated heterocycles. The minimum atomic E-state index is -0.0679. The Morgan fingerprint density at radius 3 is 1.92 bits per heavy atom. The molecule has 6 aromatic rings. The van der Waals surface area contributed by atoms with Crippen molar-refractivity contribution in [2.24, 2.45) is 0 Å². The maximum atomic E-state index is 2.58. The van der Waals surface area contributed by atoms with Crippen LogP contribution >= 0.6 is 0 Å². The van der Waals surface area contributed by atoms with Crippen molar-refractivity contribution < 1.29 is 0 Å². The van der Waals surface area contributed by atoms with Crippen LogP contribution in [0.15, 0.2) is 121 Å². The Morgan fingerprint density at radius 1 is 0.549 bits per heavy atom. The van der Waals surface area contributed by atoms with Crippen molar-refractivity contribution in [2.45, 2.75) is 102 Å². The average Bonchev–Trinajstić information content (AvgIpc) is 3.42. The van der Waals surface area contributed by atoms with Gasteiger partial charge in [-0.15, -0.1) is 0 Å². The summed E-state index contributed by atoms with van der Waals surface area (Å²) < 4.78 is 0. The van der Waals surface area contributed by atoms with E-state index in [1.54, 1.807) is 0 Å². The molecule has 1 nitrogen and oxygen atoms in total. The second-order valence-electron chi connectivity index (χ2n) is 16.2. The third kappa shape index (κ3) is 5.70. The molecule has 51 heavy (non-hydrogen) atoms. The molecule has 0 amide bonds. The number of aryl methyl sites for hydroxylation is 1. The first-order valence-electron chi connectivity index (χ1n) is 19.7. The quantitative estimate of drug-likeness (QED) is 0.171. The zero-order valence-corrected chi connectivity index (χ0v) is 30.7. The highest BCUT2D eigenvalue weighted by Crippen LogP contribution is 2.53. The fourth-order valence-electron chi connectivity index (χ4n) is 10.0. The maximum Gasteiger partial charge on any atom is 0.0502 e. The van der Waals surface area contributed by atoms with Crippen molar-refractivity contribution in [3.63, 3.8) is 0 Å². The molecule has 0 aromatic heterocycles. The zero-order chi connectivity index (χ0) is 34.5. The van der Waals surface area contributed by atoms with Crippen molar-refractivity contribution in [3.8, 4) is 22.3 Å². The molecule has 3 aliphatic carbocycles. The van der Waals surface area contributed by atoms with Crippen LogP contribution in [0.25, 0.3) is 33.0 Å². The monoisotopic (exact) mass is 665 g/mol. The van der Waals surface area contributed by atoms with Crippen LogP contribution in [0.4, 0.5) is 17.1 Å². The fourth-order valence-corrected chi connectivity index (χ4v) is 10.0. The number of anilines is 3. The van der Waals surface area contributed by atoms with Crippen LogP contribution < -0.4 is 4.90 Å². The van der Waals surface area contributed by atoms with Crippen LogP contribution in [0, 0.1) is 6.92 Å². The summed E-state index contributed by atoms with van der Waals surface area (Å²) in [6.07, 6.45) is 13.3. The predicted molar refractivity (Wildman–Crippen MR) is 218 cm³/mol. The van der Waals surface area contributed by atoms with Gasteiger partial charge in [0, 0.05) is 16.8 Å². The molecule has 0 spiro atoms. The van der Waals surface area contributed by atoms with Gasteiger partial charge in [-0.25, -0.2) is 0 Å². The third-order valence-corrected chi connectivity index (χ3v) is 12.8. The van der Waals surface area contributed by atoms with Gasteiger partial charge in [0.05, 0.1) is 5.69 Å². The summed E-state index contributed by atoms with van der Waals surface area (Å²) in [5.41, 5.74) is 16.4. The summed E-state index contributed by atoms with van der Waals surface area (Å²) in [7, 11) is 0. The fraction of sp³-hybridized carbons (Fsp3) is 0.320. The largest absolute Gasteiger partial charge is 0.310 e. The lowest BCUT2D eigenvalue weighted by molar-refractivity contribution is 0.443. The van der Waals surface area contributed by atoms with Crippen LogP contribution in [0.3, 0.4) is 0 Å². The van der Waals surface area contributed by atoms with Gasteiger partial charge in [0.2, 0.25) is 0 Å². The molecule has 0 aliphatic heterocycles. The number of fused-ring (bicyclic) bond motifs is 4. The zero-order valence-electron chi connectivity index (χ0n) is 30.7. The lowest BCUT2D eigenvalue weighted by Gasteiger charge is -2.33. The van der Waals surface area contributed by atoms with E-state index in [1.165, 1.54) is 142 Å². The standard InChI is InChI=1S/C50H51N/c1-34-13-12-20-45-48(34)44-31-30-42(33-46(44)50(45,2)3)51(47-32-27-39-16-10-11-19-43(39)49(47)40-17-8-5-9-18-40)41-28-25-38(26-29-41)37-23-21-36(22-24-37)35-14-6-4-7-15-35/h10-13,16,19-33,35,40H,4-9,14-15,17-18H2,1-3H3. The lowest BCUT2D eigenvalue weighted by atomic mass is 9.80. The minimum Gasteiger partial charge on any atom is -0.310 e. The van der Waals surface area contributed by atoms with Crippen LogP contribution in [-0.2, 0) is 5.41 Å². The van der Waals surface area contributed by atoms with Crippen LogP contribution in [0.1, 0.15) is 118 Å². The highest BCUT2D eigenvalue weighted by Gasteiger charge is 2.37. The van der Waals surface area contributed by atoms with Crippen LogP contribution in [0.2, 0.25) is 0 Å². The van der Waals surface area contributed by atoms with E-state index in [0.717, 1.165) is 5.92 Å². The SMILES string of the molecule is Cc1cccc2c1-c1ccc(N(c3ccc(-c4ccc(C5CCCCC5)cc4)cc3)c3ccc4ccccc4c3C3CCCCC3)cc1C2(C)C. The molecule has 0 bridgehead atoms.